The van der Waals surface area contributed by atoms with Gasteiger partial charge in [-0.15, -0.1) is 0 Å². The standard InChI is InChI=1S/C13H18N4O3/c1-16(9-12(18)19)13(20)10-2-6-17(7-3-10)11-8-14-4-5-15-11/h4-5,8,10H,2-3,6-7,9H2,1H3,(H,18,19). The van der Waals surface area contributed by atoms with Crippen LogP contribution < -0.4 is 4.90 Å². The first-order chi connectivity index (χ1) is 9.58. The molecule has 1 N–H and O–H groups in total. The first kappa shape index (κ1) is 14.2. The summed E-state index contributed by atoms with van der Waals surface area (Å²) >= 11 is 0. The molecule has 0 spiro atoms. The Morgan fingerprint density at radius 2 is 2.10 bits per heavy atom. The quantitative estimate of drug-likeness (QED) is 0.848. The molecule has 0 aromatic carbocycles. The highest BCUT2D eigenvalue weighted by Crippen LogP contribution is 2.22. The average Bonchev–Trinajstić information content (AvgIpc) is 2.47. The van der Waals surface area contributed by atoms with Crippen molar-refractivity contribution < 1.29 is 14.7 Å². The molecule has 108 valence electrons. The van der Waals surface area contributed by atoms with Gasteiger partial charge in [-0.05, 0) is 12.8 Å². The normalized spacial score (nSPS) is 15.9. The Labute approximate surface area is 117 Å². The maximum atomic E-state index is 12.1. The summed E-state index contributed by atoms with van der Waals surface area (Å²) in [7, 11) is 1.53. The monoisotopic (exact) mass is 278 g/mol. The van der Waals surface area contributed by atoms with Crippen LogP contribution in [0.5, 0.6) is 0 Å². The molecule has 1 aromatic rings. The lowest BCUT2D eigenvalue weighted by Gasteiger charge is -2.33. The first-order valence-electron chi connectivity index (χ1n) is 6.55. The Morgan fingerprint density at radius 1 is 1.40 bits per heavy atom. The summed E-state index contributed by atoms with van der Waals surface area (Å²) in [4.78, 5) is 34.4. The zero-order valence-corrected chi connectivity index (χ0v) is 11.4. The molecule has 0 bridgehead atoms. The minimum absolute atomic E-state index is 0.0915. The number of hydrogen-bond donors (Lipinski definition) is 1. The van der Waals surface area contributed by atoms with Crippen molar-refractivity contribution in [2.24, 2.45) is 5.92 Å². The summed E-state index contributed by atoms with van der Waals surface area (Å²) in [6, 6.07) is 0. The van der Waals surface area contributed by atoms with Crippen molar-refractivity contribution in [3.63, 3.8) is 0 Å². The summed E-state index contributed by atoms with van der Waals surface area (Å²) in [6.45, 7) is 1.22. The number of amides is 1. The SMILES string of the molecule is CN(CC(=O)O)C(=O)C1CCN(c2cnccn2)CC1. The van der Waals surface area contributed by atoms with Crippen molar-refractivity contribution in [3.8, 4) is 0 Å². The van der Waals surface area contributed by atoms with Crippen LogP contribution in [-0.4, -0.2) is 58.5 Å². The largest absolute Gasteiger partial charge is 0.480 e. The topological polar surface area (TPSA) is 86.6 Å². The number of rotatable bonds is 4. The van der Waals surface area contributed by atoms with E-state index in [9.17, 15) is 9.59 Å². The Bertz CT molecular complexity index is 472. The summed E-state index contributed by atoms with van der Waals surface area (Å²) in [5, 5.41) is 8.70. The van der Waals surface area contributed by atoms with E-state index in [1.807, 2.05) is 0 Å². The predicted octanol–water partition coefficient (Wildman–Crippen LogP) is 0.236. The molecule has 0 atom stereocenters. The molecule has 0 radical (unpaired) electrons. The molecule has 7 nitrogen and oxygen atoms in total. The van der Waals surface area contributed by atoms with Crippen molar-refractivity contribution in [1.82, 2.24) is 14.9 Å². The number of aliphatic carboxylic acids is 1. The van der Waals surface area contributed by atoms with Crippen molar-refractivity contribution in [2.45, 2.75) is 12.8 Å². The molecule has 1 amide bonds. The van der Waals surface area contributed by atoms with Crippen LogP contribution in [0, 0.1) is 5.92 Å². The summed E-state index contributed by atoms with van der Waals surface area (Å²) in [6.07, 6.45) is 6.39. The van der Waals surface area contributed by atoms with E-state index >= 15 is 0 Å². The molecule has 1 aliphatic heterocycles. The second-order valence-corrected chi connectivity index (χ2v) is 4.91. The minimum atomic E-state index is -0.988. The Morgan fingerprint density at radius 3 is 2.65 bits per heavy atom. The highest BCUT2D eigenvalue weighted by atomic mass is 16.4. The number of piperidine rings is 1. The van der Waals surface area contributed by atoms with Gasteiger partial charge in [0.2, 0.25) is 5.91 Å². The second kappa shape index (κ2) is 6.31. The number of nitrogens with zero attached hydrogens (tertiary/aromatic N) is 4. The van der Waals surface area contributed by atoms with E-state index in [-0.39, 0.29) is 18.4 Å². The molecule has 1 saturated heterocycles. The lowest BCUT2D eigenvalue weighted by molar-refractivity contribution is -0.145. The smallest absolute Gasteiger partial charge is 0.323 e. The van der Waals surface area contributed by atoms with Gasteiger partial charge in [0.25, 0.3) is 0 Å². The predicted molar refractivity (Wildman–Crippen MR) is 72.2 cm³/mol. The third kappa shape index (κ3) is 3.43. The lowest BCUT2D eigenvalue weighted by Crippen LogP contribution is -2.42. The molecule has 20 heavy (non-hydrogen) atoms. The summed E-state index contributed by atoms with van der Waals surface area (Å²) < 4.78 is 0. The van der Waals surface area contributed by atoms with Crippen LogP contribution in [0.4, 0.5) is 5.82 Å². The molecule has 1 aliphatic rings. The van der Waals surface area contributed by atoms with Gasteiger partial charge < -0.3 is 14.9 Å². The van der Waals surface area contributed by atoms with Crippen LogP contribution in [0.15, 0.2) is 18.6 Å². The van der Waals surface area contributed by atoms with E-state index in [4.69, 9.17) is 5.11 Å². The van der Waals surface area contributed by atoms with E-state index in [1.54, 1.807) is 18.6 Å². The molecule has 0 saturated carbocycles. The van der Waals surface area contributed by atoms with E-state index in [2.05, 4.69) is 14.9 Å². The number of carbonyl (C=O) groups is 2. The van der Waals surface area contributed by atoms with Crippen LogP contribution in [0.25, 0.3) is 0 Å². The van der Waals surface area contributed by atoms with Crippen molar-refractivity contribution in [1.29, 1.82) is 0 Å². The highest BCUT2D eigenvalue weighted by molar-refractivity contribution is 5.83. The van der Waals surface area contributed by atoms with E-state index < -0.39 is 5.97 Å². The maximum absolute atomic E-state index is 12.1. The van der Waals surface area contributed by atoms with Gasteiger partial charge in [-0.2, -0.15) is 0 Å². The zero-order valence-electron chi connectivity index (χ0n) is 11.4. The van der Waals surface area contributed by atoms with Crippen molar-refractivity contribution in [2.75, 3.05) is 31.6 Å². The lowest BCUT2D eigenvalue weighted by atomic mass is 9.95. The fourth-order valence-electron chi connectivity index (χ4n) is 2.40. The third-order valence-electron chi connectivity index (χ3n) is 3.47. The molecule has 7 heteroatoms. The van der Waals surface area contributed by atoms with Crippen LogP contribution >= 0.6 is 0 Å². The molecule has 2 rings (SSSR count). The zero-order chi connectivity index (χ0) is 14.5. The van der Waals surface area contributed by atoms with E-state index in [0.29, 0.717) is 12.8 Å². The molecular formula is C13H18N4O3. The Kier molecular flexibility index (Phi) is 4.49. The number of anilines is 1. The molecule has 1 fully saturated rings. The van der Waals surface area contributed by atoms with Crippen LogP contribution in [0.2, 0.25) is 0 Å². The Hall–Kier alpha value is -2.18. The van der Waals surface area contributed by atoms with Gasteiger partial charge in [0.15, 0.2) is 0 Å². The third-order valence-corrected chi connectivity index (χ3v) is 3.47. The average molecular weight is 278 g/mol. The fourth-order valence-corrected chi connectivity index (χ4v) is 2.40. The first-order valence-corrected chi connectivity index (χ1v) is 6.55. The summed E-state index contributed by atoms with van der Waals surface area (Å²) in [5.41, 5.74) is 0. The highest BCUT2D eigenvalue weighted by Gasteiger charge is 2.28. The van der Waals surface area contributed by atoms with Crippen LogP contribution in [0.3, 0.4) is 0 Å². The number of carbonyl (C=O) groups excluding carboxylic acids is 1. The van der Waals surface area contributed by atoms with Crippen LogP contribution in [0.1, 0.15) is 12.8 Å². The van der Waals surface area contributed by atoms with Gasteiger partial charge >= 0.3 is 5.97 Å². The van der Waals surface area contributed by atoms with E-state index in [0.717, 1.165) is 18.9 Å². The van der Waals surface area contributed by atoms with Gasteiger partial charge in [-0.25, -0.2) is 4.98 Å². The van der Waals surface area contributed by atoms with Crippen molar-refractivity contribution >= 4 is 17.7 Å². The summed E-state index contributed by atoms with van der Waals surface area (Å²) in [5.74, 6) is -0.367. The number of carboxylic acid groups (broad SMARTS) is 1. The molecule has 2 heterocycles. The molecular weight excluding hydrogens is 260 g/mol. The van der Waals surface area contributed by atoms with Crippen LogP contribution in [-0.2, 0) is 9.59 Å². The maximum Gasteiger partial charge on any atom is 0.323 e. The molecule has 0 unspecified atom stereocenters. The Balaban J connectivity index is 1.88. The number of hydrogen-bond acceptors (Lipinski definition) is 5. The molecule has 1 aromatic heterocycles. The van der Waals surface area contributed by atoms with Gasteiger partial charge in [0.1, 0.15) is 12.4 Å². The van der Waals surface area contributed by atoms with Gasteiger partial charge in [-0.1, -0.05) is 0 Å². The second-order valence-electron chi connectivity index (χ2n) is 4.91. The van der Waals surface area contributed by atoms with Crippen molar-refractivity contribution in [3.05, 3.63) is 18.6 Å². The number of carboxylic acids is 1. The van der Waals surface area contributed by atoms with Gasteiger partial charge in [0.05, 0.1) is 6.20 Å². The molecule has 0 aliphatic carbocycles. The van der Waals surface area contributed by atoms with E-state index in [1.165, 1.54) is 11.9 Å². The number of likely N-dealkylation sites (N-methyl/N-ethyl adjacent to an activating group) is 1. The van der Waals surface area contributed by atoms with Gasteiger partial charge in [-0.3, -0.25) is 14.6 Å². The number of aromatic nitrogens is 2. The fraction of sp³-hybridized carbons (Fsp3) is 0.538. The minimum Gasteiger partial charge on any atom is -0.480 e. The van der Waals surface area contributed by atoms with Gasteiger partial charge in [0, 0.05) is 38.4 Å².